The Hall–Kier alpha value is -3.68. The Morgan fingerprint density at radius 3 is 2.62 bits per heavy atom. The summed E-state index contributed by atoms with van der Waals surface area (Å²) < 4.78 is 42.2. The third-order valence-corrected chi connectivity index (χ3v) is 7.12. The molecule has 1 saturated heterocycles. The lowest BCUT2D eigenvalue weighted by molar-refractivity contribution is -0.384. The van der Waals surface area contributed by atoms with Gasteiger partial charge in [-0.05, 0) is 44.1 Å². The predicted molar refractivity (Wildman–Crippen MR) is 137 cm³/mol. The van der Waals surface area contributed by atoms with Gasteiger partial charge in [-0.15, -0.1) is 13.2 Å². The molecule has 4 rings (SSSR count). The summed E-state index contributed by atoms with van der Waals surface area (Å²) in [4.78, 5) is 32.9. The van der Waals surface area contributed by atoms with Crippen molar-refractivity contribution in [2.75, 3.05) is 30.3 Å². The van der Waals surface area contributed by atoms with Crippen molar-refractivity contribution in [3.8, 4) is 5.75 Å². The van der Waals surface area contributed by atoms with Crippen LogP contribution in [0.3, 0.4) is 0 Å². The summed E-state index contributed by atoms with van der Waals surface area (Å²) in [5, 5.41) is 20.4. The Morgan fingerprint density at radius 1 is 1.18 bits per heavy atom. The van der Waals surface area contributed by atoms with Gasteiger partial charge in [-0.3, -0.25) is 19.8 Å². The van der Waals surface area contributed by atoms with Gasteiger partial charge in [-0.2, -0.15) is 4.98 Å². The van der Waals surface area contributed by atoms with Crippen LogP contribution >= 0.6 is 0 Å². The van der Waals surface area contributed by atoms with E-state index in [1.54, 1.807) is 6.07 Å². The Kier molecular flexibility index (Phi) is 9.04. The highest BCUT2D eigenvalue weighted by molar-refractivity contribution is 5.73. The molecule has 14 heteroatoms. The molecule has 1 amide bonds. The number of para-hydroxylation sites is 1. The number of hydrogen-bond acceptors (Lipinski definition) is 9. The largest absolute Gasteiger partial charge is 0.573 e. The zero-order chi connectivity index (χ0) is 28.0. The second-order valence-electron chi connectivity index (χ2n) is 9.93. The van der Waals surface area contributed by atoms with Gasteiger partial charge in [0.1, 0.15) is 11.9 Å². The number of nitrogens with zero attached hydrogens (tertiary/aromatic N) is 4. The maximum absolute atomic E-state index is 12.7. The van der Waals surface area contributed by atoms with E-state index in [0.29, 0.717) is 18.5 Å². The van der Waals surface area contributed by atoms with Gasteiger partial charge in [0.05, 0.1) is 4.92 Å². The van der Waals surface area contributed by atoms with E-state index >= 15 is 0 Å². The fourth-order valence-corrected chi connectivity index (χ4v) is 5.25. The lowest BCUT2D eigenvalue weighted by atomic mass is 9.85. The number of alkyl halides is 3. The zero-order valence-corrected chi connectivity index (χ0v) is 21.5. The number of halogens is 3. The molecular formula is C25H32F3N7O4. The van der Waals surface area contributed by atoms with Crippen molar-refractivity contribution in [3.63, 3.8) is 0 Å². The zero-order valence-electron chi connectivity index (χ0n) is 21.5. The third-order valence-electron chi connectivity index (χ3n) is 7.12. The lowest BCUT2D eigenvalue weighted by Gasteiger charge is -2.34. The third kappa shape index (κ3) is 8.15. The molecule has 39 heavy (non-hydrogen) atoms. The van der Waals surface area contributed by atoms with E-state index in [4.69, 9.17) is 0 Å². The number of carbonyl (C=O) groups is 1. The van der Waals surface area contributed by atoms with Crippen molar-refractivity contribution in [1.82, 2.24) is 20.2 Å². The maximum atomic E-state index is 12.7. The highest BCUT2D eigenvalue weighted by atomic mass is 19.4. The summed E-state index contributed by atoms with van der Waals surface area (Å²) in [6.45, 7) is 3.79. The average molecular weight is 552 g/mol. The van der Waals surface area contributed by atoms with E-state index in [9.17, 15) is 28.1 Å². The minimum absolute atomic E-state index is 0.00547. The van der Waals surface area contributed by atoms with E-state index in [0.717, 1.165) is 51.4 Å². The molecule has 1 atom stereocenters. The molecule has 2 fully saturated rings. The van der Waals surface area contributed by atoms with Crippen LogP contribution in [0.4, 0.5) is 30.6 Å². The molecule has 212 valence electrons. The first-order valence-electron chi connectivity index (χ1n) is 12.9. The number of benzene rings is 1. The van der Waals surface area contributed by atoms with Gasteiger partial charge in [0.2, 0.25) is 17.7 Å². The highest BCUT2D eigenvalue weighted by Gasteiger charge is 2.33. The number of rotatable bonds is 10. The van der Waals surface area contributed by atoms with Gasteiger partial charge >= 0.3 is 12.0 Å². The fraction of sp³-hybridized carbons (Fsp3) is 0.560. The monoisotopic (exact) mass is 551 g/mol. The number of nitrogens with one attached hydrogen (secondary N) is 3. The summed E-state index contributed by atoms with van der Waals surface area (Å²) in [6, 6.07) is 6.34. The van der Waals surface area contributed by atoms with Crippen LogP contribution in [0.5, 0.6) is 5.75 Å². The Morgan fingerprint density at radius 2 is 1.92 bits per heavy atom. The fourth-order valence-electron chi connectivity index (χ4n) is 5.25. The number of aromatic nitrogens is 2. The minimum atomic E-state index is -4.83. The Labute approximate surface area is 223 Å². The first-order chi connectivity index (χ1) is 18.6. The van der Waals surface area contributed by atoms with Crippen molar-refractivity contribution in [1.29, 1.82) is 0 Å². The van der Waals surface area contributed by atoms with Crippen molar-refractivity contribution in [3.05, 3.63) is 46.1 Å². The van der Waals surface area contributed by atoms with Crippen molar-refractivity contribution < 1.29 is 27.6 Å². The molecule has 0 unspecified atom stereocenters. The molecule has 1 aromatic heterocycles. The number of ether oxygens (including phenoxy) is 1. The van der Waals surface area contributed by atoms with Crippen LogP contribution in [0.2, 0.25) is 0 Å². The van der Waals surface area contributed by atoms with Gasteiger partial charge in [0, 0.05) is 50.7 Å². The number of anilines is 2. The summed E-state index contributed by atoms with van der Waals surface area (Å²) in [5.41, 5.74) is -0.0550. The standard InChI is InChI=1S/C25H32F3N7O4/c1-16(36)32-19-10-11-34(15-19)20-8-6-17(7-9-20)12-29-23-21(35(37)38)14-31-24(33-23)30-13-18-4-2-3-5-22(18)39-25(26,27)28/h2-5,14,17,19-20H,6-13,15H2,1H3,(H,32,36)(H2,29,30,31,33)/t17-,19-,20-/m1/s1. The first-order valence-corrected chi connectivity index (χ1v) is 12.9. The van der Waals surface area contributed by atoms with E-state index in [1.165, 1.54) is 25.1 Å². The summed E-state index contributed by atoms with van der Waals surface area (Å²) >= 11 is 0. The molecule has 0 bridgehead atoms. The second kappa shape index (κ2) is 12.5. The van der Waals surface area contributed by atoms with Crippen LogP contribution < -0.4 is 20.7 Å². The molecule has 1 aromatic carbocycles. The van der Waals surface area contributed by atoms with Crippen molar-refractivity contribution >= 4 is 23.4 Å². The molecule has 2 heterocycles. The molecule has 0 radical (unpaired) electrons. The smallest absolute Gasteiger partial charge is 0.405 e. The van der Waals surface area contributed by atoms with Gasteiger partial charge < -0.3 is 20.7 Å². The van der Waals surface area contributed by atoms with E-state index < -0.39 is 11.3 Å². The van der Waals surface area contributed by atoms with E-state index in [-0.39, 0.29) is 47.3 Å². The lowest BCUT2D eigenvalue weighted by Crippen LogP contribution is -2.41. The molecule has 3 N–H and O–H groups in total. The van der Waals surface area contributed by atoms with Crippen LogP contribution in [0.1, 0.15) is 44.6 Å². The maximum Gasteiger partial charge on any atom is 0.573 e. The highest BCUT2D eigenvalue weighted by Crippen LogP contribution is 2.31. The normalized spacial score (nSPS) is 21.8. The van der Waals surface area contributed by atoms with Gasteiger partial charge in [-0.1, -0.05) is 18.2 Å². The van der Waals surface area contributed by atoms with Crippen LogP contribution in [-0.4, -0.2) is 63.8 Å². The SMILES string of the molecule is CC(=O)N[C@@H]1CCN([C@H]2CC[C@H](CNc3nc(NCc4ccccc4OC(F)(F)F)ncc3[N+](=O)[O-])CC2)C1. The number of amides is 1. The van der Waals surface area contributed by atoms with E-state index in [2.05, 4.69) is 35.6 Å². The van der Waals surface area contributed by atoms with Crippen LogP contribution in [0.15, 0.2) is 30.5 Å². The number of hydrogen-bond donors (Lipinski definition) is 3. The minimum Gasteiger partial charge on any atom is -0.405 e. The molecule has 1 saturated carbocycles. The summed E-state index contributed by atoms with van der Waals surface area (Å²) in [5.74, 6) is 0.0444. The van der Waals surface area contributed by atoms with Gasteiger partial charge in [0.15, 0.2) is 0 Å². The average Bonchev–Trinajstić information content (AvgIpc) is 3.34. The molecular weight excluding hydrogens is 519 g/mol. The Bertz CT molecular complexity index is 1160. The number of carbonyl (C=O) groups excluding carboxylic acids is 1. The van der Waals surface area contributed by atoms with Crippen LogP contribution in [0, 0.1) is 16.0 Å². The summed E-state index contributed by atoms with van der Waals surface area (Å²) in [7, 11) is 0. The molecule has 0 spiro atoms. The molecule has 2 aliphatic rings. The van der Waals surface area contributed by atoms with Crippen molar-refractivity contribution in [2.24, 2.45) is 5.92 Å². The topological polar surface area (TPSA) is 135 Å². The second-order valence-corrected chi connectivity index (χ2v) is 9.93. The molecule has 1 aliphatic carbocycles. The predicted octanol–water partition coefficient (Wildman–Crippen LogP) is 4.08. The van der Waals surface area contributed by atoms with Crippen LogP contribution in [-0.2, 0) is 11.3 Å². The molecule has 11 nitrogen and oxygen atoms in total. The van der Waals surface area contributed by atoms with Gasteiger partial charge in [0.25, 0.3) is 0 Å². The van der Waals surface area contributed by atoms with Crippen LogP contribution in [0.25, 0.3) is 0 Å². The Balaban J connectivity index is 1.31. The number of likely N-dealkylation sites (tertiary alicyclic amines) is 1. The van der Waals surface area contributed by atoms with Crippen molar-refractivity contribution in [2.45, 2.75) is 64.0 Å². The number of nitro groups is 1. The quantitative estimate of drug-likeness (QED) is 0.295. The van der Waals surface area contributed by atoms with E-state index in [1.807, 2.05) is 0 Å². The van der Waals surface area contributed by atoms with Gasteiger partial charge in [-0.25, -0.2) is 4.98 Å². The summed E-state index contributed by atoms with van der Waals surface area (Å²) in [6.07, 6.45) is 1.13. The molecule has 2 aromatic rings. The first kappa shape index (κ1) is 28.3. The molecule has 1 aliphatic heterocycles.